The Kier molecular flexibility index (Phi) is 9.35. The molecule has 3 amide bonds. The topological polar surface area (TPSA) is 127 Å². The standard InChI is InChI=1S/C23H37N5O5S/c1-15(2)14-17(18(29)19-25-22(33-27-19)34-16(3)4)24-20(30)23(8-6-5-7-9-23)26-21(31)28-10-12-32-13-11-28/h15-17H,5-14H2,1-4H3,(H,24,30)(H,26,31)/t17-/m0/s1. The zero-order valence-electron chi connectivity index (χ0n) is 20.6. The number of amides is 3. The van der Waals surface area contributed by atoms with Crippen LogP contribution in [0.3, 0.4) is 0 Å². The molecule has 1 aliphatic heterocycles. The lowest BCUT2D eigenvalue weighted by Crippen LogP contribution is -2.64. The van der Waals surface area contributed by atoms with E-state index in [1.54, 1.807) is 4.90 Å². The van der Waals surface area contributed by atoms with E-state index in [0.717, 1.165) is 19.3 Å². The molecule has 2 N–H and O–H groups in total. The molecule has 2 aliphatic rings. The number of hydrogen-bond donors (Lipinski definition) is 2. The number of thioether (sulfide) groups is 1. The molecule has 0 spiro atoms. The Morgan fingerprint density at radius 2 is 1.76 bits per heavy atom. The first-order valence-corrected chi connectivity index (χ1v) is 13.1. The van der Waals surface area contributed by atoms with Crippen molar-refractivity contribution in [3.8, 4) is 0 Å². The summed E-state index contributed by atoms with van der Waals surface area (Å²) in [5.74, 6) is -0.597. The molecule has 0 bridgehead atoms. The molecule has 1 atom stereocenters. The largest absolute Gasteiger partial charge is 0.378 e. The second-order valence-electron chi connectivity index (χ2n) is 9.74. The van der Waals surface area contributed by atoms with Crippen LogP contribution in [0, 0.1) is 5.92 Å². The van der Waals surface area contributed by atoms with Gasteiger partial charge in [-0.3, -0.25) is 9.59 Å². The lowest BCUT2D eigenvalue weighted by atomic mass is 9.80. The maximum Gasteiger partial charge on any atom is 0.318 e. The molecule has 1 aliphatic carbocycles. The first-order valence-electron chi connectivity index (χ1n) is 12.2. The molecule has 1 aromatic heterocycles. The van der Waals surface area contributed by atoms with Gasteiger partial charge >= 0.3 is 6.03 Å². The van der Waals surface area contributed by atoms with E-state index in [4.69, 9.17) is 9.26 Å². The molecule has 3 rings (SSSR count). The van der Waals surface area contributed by atoms with Gasteiger partial charge in [0.2, 0.25) is 17.5 Å². The third-order valence-electron chi connectivity index (χ3n) is 6.08. The molecule has 0 unspecified atom stereocenters. The molecule has 2 fully saturated rings. The Bertz CT molecular complexity index is 847. The monoisotopic (exact) mass is 495 g/mol. The van der Waals surface area contributed by atoms with Crippen LogP contribution >= 0.6 is 11.8 Å². The number of carbonyl (C=O) groups is 3. The summed E-state index contributed by atoms with van der Waals surface area (Å²) in [5, 5.41) is 10.4. The number of nitrogens with one attached hydrogen (secondary N) is 2. The minimum absolute atomic E-state index is 0.0378. The SMILES string of the molecule is CC(C)C[C@H](NC(=O)C1(NC(=O)N2CCOCC2)CCCCC1)C(=O)c1noc(SC(C)C)n1. The molecular formula is C23H37N5O5S. The summed E-state index contributed by atoms with van der Waals surface area (Å²) in [6, 6.07) is -1.07. The van der Waals surface area contributed by atoms with Crippen LogP contribution in [0.25, 0.3) is 0 Å². The number of hydrogen-bond acceptors (Lipinski definition) is 8. The van der Waals surface area contributed by atoms with E-state index in [1.807, 2.05) is 27.7 Å². The zero-order valence-corrected chi connectivity index (χ0v) is 21.4. The van der Waals surface area contributed by atoms with E-state index >= 15 is 0 Å². The van der Waals surface area contributed by atoms with Crippen LogP contribution in [0.4, 0.5) is 4.79 Å². The van der Waals surface area contributed by atoms with E-state index in [1.165, 1.54) is 11.8 Å². The van der Waals surface area contributed by atoms with Crippen LogP contribution in [0.5, 0.6) is 0 Å². The van der Waals surface area contributed by atoms with Gasteiger partial charge in [0, 0.05) is 18.3 Å². The minimum atomic E-state index is -1.04. The molecule has 11 heteroatoms. The normalized spacial score (nSPS) is 19.2. The van der Waals surface area contributed by atoms with Crippen molar-refractivity contribution < 1.29 is 23.6 Å². The molecule has 2 heterocycles. The number of ether oxygens (including phenoxy) is 1. The third-order valence-corrected chi connectivity index (χ3v) is 6.92. The molecule has 1 saturated heterocycles. The molecule has 0 aromatic carbocycles. The van der Waals surface area contributed by atoms with Crippen molar-refractivity contribution in [2.45, 2.75) is 88.3 Å². The first kappa shape index (κ1) is 26.5. The van der Waals surface area contributed by atoms with Gasteiger partial charge in [-0.15, -0.1) is 0 Å². The number of morpholine rings is 1. The van der Waals surface area contributed by atoms with Crippen LogP contribution in [-0.4, -0.2) is 75.9 Å². The Morgan fingerprint density at radius 3 is 2.38 bits per heavy atom. The summed E-state index contributed by atoms with van der Waals surface area (Å²) >= 11 is 1.38. The van der Waals surface area contributed by atoms with Crippen molar-refractivity contribution in [2.75, 3.05) is 26.3 Å². The second-order valence-corrected chi connectivity index (χ2v) is 11.3. The van der Waals surface area contributed by atoms with E-state index in [-0.39, 0.29) is 34.7 Å². The summed E-state index contributed by atoms with van der Waals surface area (Å²) < 4.78 is 10.5. The fraction of sp³-hybridized carbons (Fsp3) is 0.783. The molecule has 34 heavy (non-hydrogen) atoms. The van der Waals surface area contributed by atoms with E-state index in [0.29, 0.717) is 50.8 Å². The van der Waals surface area contributed by atoms with E-state index < -0.39 is 11.6 Å². The Balaban J connectivity index is 1.76. The summed E-state index contributed by atoms with van der Waals surface area (Å²) in [4.78, 5) is 45.7. The van der Waals surface area contributed by atoms with Crippen molar-refractivity contribution in [3.63, 3.8) is 0 Å². The number of aromatic nitrogens is 2. The lowest BCUT2D eigenvalue weighted by Gasteiger charge is -2.39. The van der Waals surface area contributed by atoms with E-state index in [9.17, 15) is 14.4 Å². The highest BCUT2D eigenvalue weighted by Crippen LogP contribution is 2.29. The fourth-order valence-electron chi connectivity index (χ4n) is 4.33. The van der Waals surface area contributed by atoms with Gasteiger partial charge in [0.05, 0.1) is 19.3 Å². The number of urea groups is 1. The average molecular weight is 496 g/mol. The highest BCUT2D eigenvalue weighted by Gasteiger charge is 2.43. The highest BCUT2D eigenvalue weighted by atomic mass is 32.2. The predicted octanol–water partition coefficient (Wildman–Crippen LogP) is 3.03. The summed E-state index contributed by atoms with van der Waals surface area (Å²) in [6.45, 7) is 9.91. The van der Waals surface area contributed by atoms with Crippen LogP contribution in [-0.2, 0) is 9.53 Å². The molecular weight excluding hydrogens is 458 g/mol. The summed E-state index contributed by atoms with van der Waals surface area (Å²) in [6.07, 6.45) is 4.18. The van der Waals surface area contributed by atoms with Gasteiger partial charge in [-0.25, -0.2) is 4.79 Å². The number of ketones is 1. The van der Waals surface area contributed by atoms with Crippen LogP contribution < -0.4 is 10.6 Å². The van der Waals surface area contributed by atoms with Gasteiger partial charge in [-0.2, -0.15) is 4.98 Å². The van der Waals surface area contributed by atoms with Gasteiger partial charge in [-0.1, -0.05) is 63.9 Å². The van der Waals surface area contributed by atoms with Crippen molar-refractivity contribution >= 4 is 29.5 Å². The minimum Gasteiger partial charge on any atom is -0.378 e. The molecule has 10 nitrogen and oxygen atoms in total. The fourth-order valence-corrected chi connectivity index (χ4v) is 4.95. The smallest absolute Gasteiger partial charge is 0.318 e. The highest BCUT2D eigenvalue weighted by molar-refractivity contribution is 7.99. The Labute approximate surface area is 205 Å². The van der Waals surface area contributed by atoms with Crippen LogP contribution in [0.1, 0.15) is 76.8 Å². The van der Waals surface area contributed by atoms with Gasteiger partial charge in [0.1, 0.15) is 5.54 Å². The van der Waals surface area contributed by atoms with Crippen molar-refractivity contribution in [2.24, 2.45) is 5.92 Å². The van der Waals surface area contributed by atoms with Gasteiger partial charge < -0.3 is 24.8 Å². The molecule has 1 aromatic rings. The Morgan fingerprint density at radius 1 is 1.09 bits per heavy atom. The van der Waals surface area contributed by atoms with Crippen LogP contribution in [0.2, 0.25) is 0 Å². The lowest BCUT2D eigenvalue weighted by molar-refractivity contribution is -0.129. The number of nitrogens with zero attached hydrogens (tertiary/aromatic N) is 3. The van der Waals surface area contributed by atoms with Crippen molar-refractivity contribution in [1.29, 1.82) is 0 Å². The van der Waals surface area contributed by atoms with E-state index in [2.05, 4.69) is 20.8 Å². The van der Waals surface area contributed by atoms with Crippen LogP contribution in [0.15, 0.2) is 9.75 Å². The predicted molar refractivity (Wildman–Crippen MR) is 128 cm³/mol. The van der Waals surface area contributed by atoms with Gasteiger partial charge in [-0.05, 0) is 25.2 Å². The second kappa shape index (κ2) is 12.0. The average Bonchev–Trinajstić information content (AvgIpc) is 3.26. The molecule has 190 valence electrons. The van der Waals surface area contributed by atoms with Crippen molar-refractivity contribution in [3.05, 3.63) is 5.82 Å². The zero-order chi connectivity index (χ0) is 24.7. The number of Topliss-reactive ketones (excluding diaryl/α,β-unsaturated/α-hetero) is 1. The Hall–Kier alpha value is -2.14. The molecule has 0 radical (unpaired) electrons. The van der Waals surface area contributed by atoms with Gasteiger partial charge in [0.25, 0.3) is 5.22 Å². The molecule has 1 saturated carbocycles. The summed E-state index contributed by atoms with van der Waals surface area (Å²) in [5.41, 5.74) is -1.04. The maximum atomic E-state index is 13.6. The third kappa shape index (κ3) is 6.94. The number of carbonyl (C=O) groups excluding carboxylic acids is 3. The van der Waals surface area contributed by atoms with Gasteiger partial charge in [0.15, 0.2) is 0 Å². The van der Waals surface area contributed by atoms with Crippen molar-refractivity contribution in [1.82, 2.24) is 25.7 Å². The maximum absolute atomic E-state index is 13.6. The quantitative estimate of drug-likeness (QED) is 0.395. The summed E-state index contributed by atoms with van der Waals surface area (Å²) in [7, 11) is 0. The first-order chi connectivity index (χ1) is 16.2. The number of rotatable bonds is 9.